The van der Waals surface area contributed by atoms with Crippen molar-refractivity contribution in [1.82, 2.24) is 10.6 Å². The summed E-state index contributed by atoms with van der Waals surface area (Å²) in [6.45, 7) is 6.14. The smallest absolute Gasteiger partial charge is 0.249 e. The number of benzene rings is 3. The van der Waals surface area contributed by atoms with E-state index in [4.69, 9.17) is 4.74 Å². The molecule has 0 radical (unpaired) electrons. The number of ether oxygens (including phenoxy) is 1. The number of carbonyl (C=O) groups excluding carboxylic acids is 2. The number of amides is 2. The molecule has 178 valence electrons. The van der Waals surface area contributed by atoms with Crippen LogP contribution in [-0.2, 0) is 22.6 Å². The van der Waals surface area contributed by atoms with Crippen LogP contribution in [-0.4, -0.2) is 37.0 Å². The van der Waals surface area contributed by atoms with Gasteiger partial charge in [0, 0.05) is 11.3 Å². The molecule has 1 heterocycles. The molecule has 34 heavy (non-hydrogen) atoms. The highest BCUT2D eigenvalue weighted by Crippen LogP contribution is 2.34. The maximum Gasteiger partial charge on any atom is 0.249 e. The maximum absolute atomic E-state index is 13.9. The number of para-hydroxylation sites is 1. The van der Waals surface area contributed by atoms with Gasteiger partial charge in [-0.15, -0.1) is 0 Å². The summed E-state index contributed by atoms with van der Waals surface area (Å²) in [5.41, 5.74) is 2.95. The average Bonchev–Trinajstić information content (AvgIpc) is 2.96. The highest BCUT2D eigenvalue weighted by Gasteiger charge is 2.33. The molecule has 1 unspecified atom stereocenters. The first-order chi connectivity index (χ1) is 16.4. The zero-order chi connectivity index (χ0) is 24.2. The number of fused-ring (bicyclic) bond motifs is 2. The van der Waals surface area contributed by atoms with E-state index < -0.39 is 6.04 Å². The Kier molecular flexibility index (Phi) is 7.17. The van der Waals surface area contributed by atoms with E-state index in [2.05, 4.69) is 34.9 Å². The number of aryl methyl sites for hydroxylation is 1. The average molecular weight is 460 g/mol. The third kappa shape index (κ3) is 4.92. The lowest BCUT2D eigenvalue weighted by Gasteiger charge is -2.28. The molecule has 0 bridgehead atoms. The van der Waals surface area contributed by atoms with Crippen molar-refractivity contribution in [2.24, 2.45) is 0 Å². The van der Waals surface area contributed by atoms with Crippen LogP contribution in [0.15, 0.2) is 60.7 Å². The molecule has 6 heteroatoms. The first kappa shape index (κ1) is 23.8. The molecule has 3 aromatic carbocycles. The Labute approximate surface area is 201 Å². The number of nitrogens with one attached hydrogen (secondary N) is 2. The summed E-state index contributed by atoms with van der Waals surface area (Å²) in [7, 11) is 1.73. The van der Waals surface area contributed by atoms with Gasteiger partial charge in [-0.05, 0) is 69.1 Å². The van der Waals surface area contributed by atoms with Crippen molar-refractivity contribution in [2.45, 2.75) is 58.3 Å². The molecule has 2 N–H and O–H groups in total. The van der Waals surface area contributed by atoms with Crippen LogP contribution in [0.4, 0.5) is 5.69 Å². The summed E-state index contributed by atoms with van der Waals surface area (Å²) in [6, 6.07) is 19.2. The minimum Gasteiger partial charge on any atom is -0.491 e. The van der Waals surface area contributed by atoms with Crippen LogP contribution in [0.3, 0.4) is 0 Å². The SMILES string of the molecule is CN[C@@H](C)C(=O)NC1CCc2ccccc2N(Cc2c(OC(C)C)ccc3ccccc23)C1=O. The van der Waals surface area contributed by atoms with Crippen LogP contribution < -0.4 is 20.3 Å². The molecule has 1 aliphatic rings. The van der Waals surface area contributed by atoms with Gasteiger partial charge in [0.05, 0.1) is 18.7 Å². The fraction of sp³-hybridized carbons (Fsp3) is 0.357. The molecule has 2 amide bonds. The molecule has 0 saturated carbocycles. The summed E-state index contributed by atoms with van der Waals surface area (Å²) in [6.07, 6.45) is 1.27. The van der Waals surface area contributed by atoms with Gasteiger partial charge in [-0.1, -0.05) is 48.5 Å². The van der Waals surface area contributed by atoms with Gasteiger partial charge >= 0.3 is 0 Å². The number of hydrogen-bond acceptors (Lipinski definition) is 4. The van der Waals surface area contributed by atoms with E-state index in [1.165, 1.54) is 0 Å². The van der Waals surface area contributed by atoms with Crippen molar-refractivity contribution in [3.63, 3.8) is 0 Å². The second-order valence-corrected chi connectivity index (χ2v) is 9.09. The predicted molar refractivity (Wildman–Crippen MR) is 136 cm³/mol. The van der Waals surface area contributed by atoms with E-state index in [9.17, 15) is 9.59 Å². The molecule has 3 aromatic rings. The van der Waals surface area contributed by atoms with Gasteiger partial charge in [-0.25, -0.2) is 0 Å². The van der Waals surface area contributed by atoms with Crippen LogP contribution in [0, 0.1) is 0 Å². The summed E-state index contributed by atoms with van der Waals surface area (Å²) in [5, 5.41) is 8.06. The lowest BCUT2D eigenvalue weighted by molar-refractivity contribution is -0.128. The second kappa shape index (κ2) is 10.3. The zero-order valence-corrected chi connectivity index (χ0v) is 20.3. The molecule has 0 saturated heterocycles. The first-order valence-electron chi connectivity index (χ1n) is 11.9. The van der Waals surface area contributed by atoms with Gasteiger partial charge in [-0.2, -0.15) is 0 Å². The Morgan fingerprint density at radius 3 is 2.56 bits per heavy atom. The molecule has 1 aliphatic heterocycles. The third-order valence-electron chi connectivity index (χ3n) is 6.37. The standard InChI is InChI=1S/C28H33N3O3/c1-18(2)34-26-16-14-20-9-5-7-11-22(20)23(26)17-31-25-12-8-6-10-21(25)13-15-24(28(31)33)30-27(32)19(3)29-4/h5-12,14,16,18-19,24,29H,13,15,17H2,1-4H3,(H,30,32)/t19-,24?/m0/s1. The zero-order valence-electron chi connectivity index (χ0n) is 20.3. The molecule has 0 aromatic heterocycles. The Balaban J connectivity index is 1.77. The van der Waals surface area contributed by atoms with Gasteiger partial charge in [0.15, 0.2) is 0 Å². The van der Waals surface area contributed by atoms with Gasteiger partial charge in [0.25, 0.3) is 0 Å². The van der Waals surface area contributed by atoms with Crippen LogP contribution in [0.5, 0.6) is 5.75 Å². The van der Waals surface area contributed by atoms with E-state index in [1.807, 2.05) is 55.1 Å². The quantitative estimate of drug-likeness (QED) is 0.556. The van der Waals surface area contributed by atoms with E-state index in [0.717, 1.165) is 33.3 Å². The lowest BCUT2D eigenvalue weighted by atomic mass is 10.0. The predicted octanol–water partition coefficient (Wildman–Crippen LogP) is 4.20. The maximum atomic E-state index is 13.9. The number of anilines is 1. The largest absolute Gasteiger partial charge is 0.491 e. The fourth-order valence-corrected chi connectivity index (χ4v) is 4.44. The van der Waals surface area contributed by atoms with E-state index in [0.29, 0.717) is 19.4 Å². The van der Waals surface area contributed by atoms with Gasteiger partial charge < -0.3 is 20.3 Å². The summed E-state index contributed by atoms with van der Waals surface area (Å²) in [5.74, 6) is 0.485. The molecule has 4 rings (SSSR count). The highest BCUT2D eigenvalue weighted by molar-refractivity contribution is 6.01. The molecular formula is C28H33N3O3. The Bertz CT molecular complexity index is 1190. The van der Waals surface area contributed by atoms with E-state index in [1.54, 1.807) is 14.0 Å². The van der Waals surface area contributed by atoms with Crippen LogP contribution >= 0.6 is 0 Å². The van der Waals surface area contributed by atoms with Crippen molar-refractivity contribution in [3.8, 4) is 5.75 Å². The van der Waals surface area contributed by atoms with Crippen LogP contribution in [0.2, 0.25) is 0 Å². The topological polar surface area (TPSA) is 70.7 Å². The number of likely N-dealkylation sites (N-methyl/N-ethyl adjacent to an activating group) is 1. The third-order valence-corrected chi connectivity index (χ3v) is 6.37. The van der Waals surface area contributed by atoms with Crippen molar-refractivity contribution in [1.29, 1.82) is 0 Å². The first-order valence-corrected chi connectivity index (χ1v) is 11.9. The van der Waals surface area contributed by atoms with Gasteiger partial charge in [0.2, 0.25) is 11.8 Å². The normalized spacial score (nSPS) is 16.8. The Hall–Kier alpha value is -3.38. The molecular weight excluding hydrogens is 426 g/mol. The fourth-order valence-electron chi connectivity index (χ4n) is 4.44. The van der Waals surface area contributed by atoms with Crippen molar-refractivity contribution in [2.75, 3.05) is 11.9 Å². The number of nitrogens with zero attached hydrogens (tertiary/aromatic N) is 1. The Morgan fingerprint density at radius 1 is 1.06 bits per heavy atom. The summed E-state index contributed by atoms with van der Waals surface area (Å²) in [4.78, 5) is 28.3. The second-order valence-electron chi connectivity index (χ2n) is 9.09. The van der Waals surface area contributed by atoms with Gasteiger partial charge in [-0.3, -0.25) is 9.59 Å². The molecule has 2 atom stereocenters. The van der Waals surface area contributed by atoms with Crippen molar-refractivity contribution in [3.05, 3.63) is 71.8 Å². The highest BCUT2D eigenvalue weighted by atomic mass is 16.5. The number of rotatable bonds is 7. The van der Waals surface area contributed by atoms with Crippen LogP contribution in [0.25, 0.3) is 10.8 Å². The number of carbonyl (C=O) groups is 2. The minimum atomic E-state index is -0.597. The van der Waals surface area contributed by atoms with Crippen molar-refractivity contribution < 1.29 is 14.3 Å². The summed E-state index contributed by atoms with van der Waals surface area (Å²) < 4.78 is 6.17. The molecule has 6 nitrogen and oxygen atoms in total. The monoisotopic (exact) mass is 459 g/mol. The van der Waals surface area contributed by atoms with Crippen molar-refractivity contribution >= 4 is 28.3 Å². The van der Waals surface area contributed by atoms with Gasteiger partial charge in [0.1, 0.15) is 11.8 Å². The van der Waals surface area contributed by atoms with E-state index in [-0.39, 0.29) is 24.0 Å². The molecule has 0 fully saturated rings. The van der Waals surface area contributed by atoms with E-state index >= 15 is 0 Å². The molecule has 0 spiro atoms. The summed E-state index contributed by atoms with van der Waals surface area (Å²) >= 11 is 0. The molecule has 0 aliphatic carbocycles. The Morgan fingerprint density at radius 2 is 1.79 bits per heavy atom. The number of hydrogen-bond donors (Lipinski definition) is 2. The lowest BCUT2D eigenvalue weighted by Crippen LogP contribution is -2.52. The van der Waals surface area contributed by atoms with Crippen LogP contribution in [0.1, 0.15) is 38.3 Å². The minimum absolute atomic E-state index is 0.00195.